The van der Waals surface area contributed by atoms with Gasteiger partial charge in [-0.1, -0.05) is 48.1 Å². The van der Waals surface area contributed by atoms with Crippen LogP contribution in [0.5, 0.6) is 0 Å². The van der Waals surface area contributed by atoms with E-state index in [0.29, 0.717) is 0 Å². The third kappa shape index (κ3) is 3.72. The van der Waals surface area contributed by atoms with E-state index in [9.17, 15) is 5.11 Å². The molecule has 1 heteroatoms. The molecule has 1 N–H and O–H groups in total. The van der Waals surface area contributed by atoms with Crippen LogP contribution in [0.2, 0.25) is 0 Å². The first kappa shape index (κ1) is 11.7. The Hall–Kier alpha value is -1.34. The molecule has 0 spiro atoms. The Labute approximate surface area is 91.8 Å². The molecule has 1 unspecified atom stereocenters. The Morgan fingerprint density at radius 2 is 1.87 bits per heavy atom. The van der Waals surface area contributed by atoms with Gasteiger partial charge in [-0.2, -0.15) is 0 Å². The fourth-order valence-corrected chi connectivity index (χ4v) is 1.21. The van der Waals surface area contributed by atoms with Gasteiger partial charge in [0.05, 0.1) is 6.10 Å². The number of hydrogen-bond donors (Lipinski definition) is 1. The van der Waals surface area contributed by atoms with Gasteiger partial charge in [-0.15, -0.1) is 0 Å². The van der Waals surface area contributed by atoms with Crippen molar-refractivity contribution in [2.45, 2.75) is 26.9 Å². The fourth-order valence-electron chi connectivity index (χ4n) is 1.21. The van der Waals surface area contributed by atoms with E-state index in [4.69, 9.17) is 0 Å². The number of aliphatic hydroxyl groups excluding tert-OH is 1. The largest absolute Gasteiger partial charge is 0.389 e. The van der Waals surface area contributed by atoms with Gasteiger partial charge in [0.15, 0.2) is 0 Å². The molecule has 0 aliphatic rings. The predicted molar refractivity (Wildman–Crippen MR) is 65.5 cm³/mol. The molecular weight excluding hydrogens is 184 g/mol. The summed E-state index contributed by atoms with van der Waals surface area (Å²) in [5.41, 5.74) is 3.35. The van der Waals surface area contributed by atoms with Crippen LogP contribution in [0.25, 0.3) is 6.08 Å². The minimum absolute atomic E-state index is 0.389. The van der Waals surface area contributed by atoms with Crippen molar-refractivity contribution >= 4 is 6.08 Å². The van der Waals surface area contributed by atoms with Crippen molar-refractivity contribution < 1.29 is 5.11 Å². The van der Waals surface area contributed by atoms with Gasteiger partial charge in [-0.3, -0.25) is 0 Å². The molecule has 0 amide bonds. The van der Waals surface area contributed by atoms with Crippen LogP contribution in [0.15, 0.2) is 42.0 Å². The Bertz CT molecular complexity index is 355. The van der Waals surface area contributed by atoms with Gasteiger partial charge < -0.3 is 5.11 Å². The van der Waals surface area contributed by atoms with Crippen LogP contribution >= 0.6 is 0 Å². The average Bonchev–Trinajstić information content (AvgIpc) is 2.26. The molecule has 15 heavy (non-hydrogen) atoms. The normalized spacial score (nSPS) is 14.5. The molecule has 0 aliphatic carbocycles. The molecule has 0 bridgehead atoms. The molecule has 80 valence electrons. The Morgan fingerprint density at radius 3 is 2.33 bits per heavy atom. The zero-order valence-electron chi connectivity index (χ0n) is 9.57. The highest BCUT2D eigenvalue weighted by Gasteiger charge is 1.98. The Kier molecular flexibility index (Phi) is 4.32. The minimum atomic E-state index is -0.389. The summed E-state index contributed by atoms with van der Waals surface area (Å²) in [5, 5.41) is 9.34. The molecule has 0 aliphatic heterocycles. The summed E-state index contributed by atoms with van der Waals surface area (Å²) in [6.07, 6.45) is 5.83. The summed E-state index contributed by atoms with van der Waals surface area (Å²) >= 11 is 0. The SMILES string of the molecule is CC=C(C)C=Cc1ccc(C(C)O)cc1. The van der Waals surface area contributed by atoms with Crippen LogP contribution in [0.1, 0.15) is 38.0 Å². The van der Waals surface area contributed by atoms with Crippen molar-refractivity contribution in [1.82, 2.24) is 0 Å². The van der Waals surface area contributed by atoms with Crippen LogP contribution in [0, 0.1) is 0 Å². The van der Waals surface area contributed by atoms with E-state index in [1.807, 2.05) is 31.2 Å². The third-order valence-electron chi connectivity index (χ3n) is 2.41. The fraction of sp³-hybridized carbons (Fsp3) is 0.286. The van der Waals surface area contributed by atoms with E-state index >= 15 is 0 Å². The molecule has 0 saturated heterocycles. The molecule has 0 fully saturated rings. The first-order chi connectivity index (χ1) is 7.13. The van der Waals surface area contributed by atoms with Crippen molar-refractivity contribution in [3.05, 3.63) is 53.1 Å². The second kappa shape index (κ2) is 5.52. The Balaban J connectivity index is 2.77. The Morgan fingerprint density at radius 1 is 1.27 bits per heavy atom. The molecule has 0 aromatic heterocycles. The zero-order chi connectivity index (χ0) is 11.3. The first-order valence-corrected chi connectivity index (χ1v) is 5.22. The maximum atomic E-state index is 9.34. The van der Waals surface area contributed by atoms with Crippen molar-refractivity contribution in [2.75, 3.05) is 0 Å². The molecule has 1 rings (SSSR count). The van der Waals surface area contributed by atoms with Gasteiger partial charge in [0.2, 0.25) is 0 Å². The van der Waals surface area contributed by atoms with Gasteiger partial charge in [-0.25, -0.2) is 0 Å². The second-order valence-corrected chi connectivity index (χ2v) is 3.71. The van der Waals surface area contributed by atoms with Crippen molar-refractivity contribution in [2.24, 2.45) is 0 Å². The summed E-state index contributed by atoms with van der Waals surface area (Å²) in [5.74, 6) is 0. The highest BCUT2D eigenvalue weighted by atomic mass is 16.3. The highest BCUT2D eigenvalue weighted by molar-refractivity contribution is 5.53. The maximum absolute atomic E-state index is 9.34. The smallest absolute Gasteiger partial charge is 0.0761 e. The predicted octanol–water partition coefficient (Wildman–Crippen LogP) is 3.72. The van der Waals surface area contributed by atoms with Gasteiger partial charge in [0.25, 0.3) is 0 Å². The van der Waals surface area contributed by atoms with E-state index in [-0.39, 0.29) is 6.10 Å². The third-order valence-corrected chi connectivity index (χ3v) is 2.41. The van der Waals surface area contributed by atoms with Crippen LogP contribution in [-0.4, -0.2) is 5.11 Å². The van der Waals surface area contributed by atoms with Gasteiger partial charge >= 0.3 is 0 Å². The second-order valence-electron chi connectivity index (χ2n) is 3.71. The van der Waals surface area contributed by atoms with Crippen molar-refractivity contribution in [3.63, 3.8) is 0 Å². The van der Waals surface area contributed by atoms with Gasteiger partial charge in [0, 0.05) is 0 Å². The molecule has 0 radical (unpaired) electrons. The summed E-state index contributed by atoms with van der Waals surface area (Å²) in [6.45, 7) is 5.87. The lowest BCUT2D eigenvalue weighted by Gasteiger charge is -2.03. The number of hydrogen-bond acceptors (Lipinski definition) is 1. The number of aliphatic hydroxyl groups is 1. The van der Waals surface area contributed by atoms with E-state index in [0.717, 1.165) is 11.1 Å². The molecule has 1 aromatic carbocycles. The number of allylic oxidation sites excluding steroid dienone is 3. The molecular formula is C14H18O. The van der Waals surface area contributed by atoms with E-state index < -0.39 is 0 Å². The first-order valence-electron chi connectivity index (χ1n) is 5.22. The van der Waals surface area contributed by atoms with E-state index in [2.05, 4.69) is 25.2 Å². The number of rotatable bonds is 3. The molecule has 1 aromatic rings. The van der Waals surface area contributed by atoms with Gasteiger partial charge in [0.1, 0.15) is 0 Å². The van der Waals surface area contributed by atoms with E-state index in [1.54, 1.807) is 6.92 Å². The molecule has 1 nitrogen and oxygen atoms in total. The highest BCUT2D eigenvalue weighted by Crippen LogP contribution is 2.13. The quantitative estimate of drug-likeness (QED) is 0.741. The maximum Gasteiger partial charge on any atom is 0.0761 e. The topological polar surface area (TPSA) is 20.2 Å². The minimum Gasteiger partial charge on any atom is -0.389 e. The van der Waals surface area contributed by atoms with Gasteiger partial charge in [-0.05, 0) is 31.9 Å². The summed E-state index contributed by atoms with van der Waals surface area (Å²) in [7, 11) is 0. The van der Waals surface area contributed by atoms with Crippen LogP contribution in [-0.2, 0) is 0 Å². The van der Waals surface area contributed by atoms with Crippen molar-refractivity contribution in [3.8, 4) is 0 Å². The standard InChI is InChI=1S/C14H18O/c1-4-11(2)5-6-13-7-9-14(10-8-13)12(3)15/h4-10,12,15H,1-3H3. The summed E-state index contributed by atoms with van der Waals surface area (Å²) in [6, 6.07) is 7.94. The summed E-state index contributed by atoms with van der Waals surface area (Å²) in [4.78, 5) is 0. The van der Waals surface area contributed by atoms with Crippen molar-refractivity contribution in [1.29, 1.82) is 0 Å². The van der Waals surface area contributed by atoms with Crippen LogP contribution < -0.4 is 0 Å². The summed E-state index contributed by atoms with van der Waals surface area (Å²) < 4.78 is 0. The monoisotopic (exact) mass is 202 g/mol. The van der Waals surface area contributed by atoms with Crippen LogP contribution in [0.3, 0.4) is 0 Å². The van der Waals surface area contributed by atoms with E-state index in [1.165, 1.54) is 5.57 Å². The average molecular weight is 202 g/mol. The number of benzene rings is 1. The lowest BCUT2D eigenvalue weighted by atomic mass is 10.1. The molecule has 0 heterocycles. The lowest BCUT2D eigenvalue weighted by Crippen LogP contribution is -1.89. The molecule has 0 saturated carbocycles. The zero-order valence-corrected chi connectivity index (χ0v) is 9.57. The lowest BCUT2D eigenvalue weighted by molar-refractivity contribution is 0.199. The van der Waals surface area contributed by atoms with Crippen LogP contribution in [0.4, 0.5) is 0 Å². The molecule has 1 atom stereocenters.